The van der Waals surface area contributed by atoms with Gasteiger partial charge in [0.1, 0.15) is 12.1 Å². The van der Waals surface area contributed by atoms with E-state index in [4.69, 9.17) is 0 Å². The summed E-state index contributed by atoms with van der Waals surface area (Å²) < 4.78 is 0. The minimum absolute atomic E-state index is 0.343. The Morgan fingerprint density at radius 3 is 1.43 bits per heavy atom. The van der Waals surface area contributed by atoms with E-state index in [1.165, 1.54) is 0 Å². The molecular formula is C24H22N4. The van der Waals surface area contributed by atoms with Crippen LogP contribution >= 0.6 is 0 Å². The maximum atomic E-state index is 9.44. The first-order chi connectivity index (χ1) is 13.8. The summed E-state index contributed by atoms with van der Waals surface area (Å²) in [7, 11) is 0. The number of rotatable bonds is 8. The average molecular weight is 366 g/mol. The van der Waals surface area contributed by atoms with Crippen molar-refractivity contribution in [3.8, 4) is 12.1 Å². The third-order valence-electron chi connectivity index (χ3n) is 4.54. The molecule has 0 bridgehead atoms. The molecular weight excluding hydrogens is 344 g/mol. The Morgan fingerprint density at radius 1 is 0.607 bits per heavy atom. The lowest BCUT2D eigenvalue weighted by Crippen LogP contribution is -2.21. The summed E-state index contributed by atoms with van der Waals surface area (Å²) >= 11 is 0. The molecule has 0 aromatic heterocycles. The van der Waals surface area contributed by atoms with Gasteiger partial charge in [0.2, 0.25) is 0 Å². The fourth-order valence-electron chi connectivity index (χ4n) is 3.06. The molecule has 28 heavy (non-hydrogen) atoms. The fraction of sp³-hybridized carbons (Fsp3) is 0.167. The first kappa shape index (κ1) is 19.3. The Morgan fingerprint density at radius 2 is 1.04 bits per heavy atom. The van der Waals surface area contributed by atoms with Crippen LogP contribution < -0.4 is 10.6 Å². The van der Waals surface area contributed by atoms with Crippen molar-refractivity contribution in [3.05, 3.63) is 107 Å². The van der Waals surface area contributed by atoms with Crippen molar-refractivity contribution < 1.29 is 0 Å². The first-order valence-electron chi connectivity index (χ1n) is 9.24. The largest absolute Gasteiger partial charge is 0.294 e. The lowest BCUT2D eigenvalue weighted by Gasteiger charge is -2.14. The Kier molecular flexibility index (Phi) is 6.93. The predicted molar refractivity (Wildman–Crippen MR) is 110 cm³/mol. The van der Waals surface area contributed by atoms with Crippen LogP contribution in [0.3, 0.4) is 0 Å². The monoisotopic (exact) mass is 366 g/mol. The zero-order valence-corrected chi connectivity index (χ0v) is 15.5. The Labute approximate surface area is 166 Å². The molecule has 0 aliphatic heterocycles. The molecule has 0 aliphatic carbocycles. The van der Waals surface area contributed by atoms with E-state index >= 15 is 0 Å². The van der Waals surface area contributed by atoms with Crippen molar-refractivity contribution in [2.45, 2.75) is 25.2 Å². The third kappa shape index (κ3) is 5.28. The molecule has 0 amide bonds. The molecule has 3 aromatic carbocycles. The van der Waals surface area contributed by atoms with E-state index in [1.54, 1.807) is 0 Å². The fourth-order valence-corrected chi connectivity index (χ4v) is 3.06. The van der Waals surface area contributed by atoms with Crippen LogP contribution in [0.15, 0.2) is 84.9 Å². The normalized spacial score (nSPS) is 12.5. The number of hydrogen-bond donors (Lipinski definition) is 2. The molecule has 2 N–H and O–H groups in total. The van der Waals surface area contributed by atoms with Crippen molar-refractivity contribution >= 4 is 0 Å². The highest BCUT2D eigenvalue weighted by molar-refractivity contribution is 5.28. The molecule has 138 valence electrons. The maximum Gasteiger partial charge on any atom is 0.121 e. The number of nitrogens with zero attached hydrogens (tertiary/aromatic N) is 2. The minimum atomic E-state index is -0.343. The van der Waals surface area contributed by atoms with Crippen molar-refractivity contribution in [3.63, 3.8) is 0 Å². The van der Waals surface area contributed by atoms with Crippen molar-refractivity contribution in [1.82, 2.24) is 10.6 Å². The van der Waals surface area contributed by atoms with Crippen LogP contribution in [0.1, 0.15) is 34.3 Å². The maximum absolute atomic E-state index is 9.44. The van der Waals surface area contributed by atoms with E-state index < -0.39 is 0 Å². The summed E-state index contributed by atoms with van der Waals surface area (Å²) in [5.74, 6) is 0. The Balaban J connectivity index is 1.59. The smallest absolute Gasteiger partial charge is 0.121 e. The molecule has 4 heteroatoms. The van der Waals surface area contributed by atoms with Crippen LogP contribution in [-0.4, -0.2) is 0 Å². The van der Waals surface area contributed by atoms with Crippen molar-refractivity contribution in [2.24, 2.45) is 0 Å². The summed E-state index contributed by atoms with van der Waals surface area (Å²) in [6.07, 6.45) is 0. The van der Waals surface area contributed by atoms with Gasteiger partial charge in [0.15, 0.2) is 0 Å². The van der Waals surface area contributed by atoms with Gasteiger partial charge in [-0.1, -0.05) is 84.9 Å². The number of hydrogen-bond acceptors (Lipinski definition) is 4. The molecule has 0 spiro atoms. The van der Waals surface area contributed by atoms with Gasteiger partial charge in [-0.15, -0.1) is 0 Å². The third-order valence-corrected chi connectivity index (χ3v) is 4.54. The number of benzene rings is 3. The van der Waals surface area contributed by atoms with E-state index in [0.29, 0.717) is 13.1 Å². The van der Waals surface area contributed by atoms with Gasteiger partial charge in [-0.25, -0.2) is 0 Å². The first-order valence-corrected chi connectivity index (χ1v) is 9.24. The molecule has 0 saturated heterocycles. The Bertz CT molecular complexity index is 878. The summed E-state index contributed by atoms with van der Waals surface area (Å²) in [4.78, 5) is 0. The molecule has 0 fully saturated rings. The van der Waals surface area contributed by atoms with Crippen LogP contribution in [0, 0.1) is 22.7 Å². The highest BCUT2D eigenvalue weighted by atomic mass is 14.9. The average Bonchev–Trinajstić information content (AvgIpc) is 2.76. The standard InChI is InChI=1S/C24H22N4/c25-15-23(21-10-3-1-4-11-21)27-17-19-8-7-9-20(14-19)18-28-24(16-26)22-12-5-2-6-13-22/h1-14,23-24,27-28H,17-18H2. The molecule has 2 atom stereocenters. The molecule has 0 saturated carbocycles. The van der Waals surface area contributed by atoms with Gasteiger partial charge in [0.05, 0.1) is 12.1 Å². The van der Waals surface area contributed by atoms with Crippen LogP contribution in [0.2, 0.25) is 0 Å². The lowest BCUT2D eigenvalue weighted by molar-refractivity contribution is 0.621. The lowest BCUT2D eigenvalue weighted by atomic mass is 10.1. The Hall–Kier alpha value is -3.44. The van der Waals surface area contributed by atoms with Gasteiger partial charge in [-0.05, 0) is 22.3 Å². The van der Waals surface area contributed by atoms with Gasteiger partial charge in [0.25, 0.3) is 0 Å². The number of nitriles is 2. The molecule has 2 unspecified atom stereocenters. The minimum Gasteiger partial charge on any atom is -0.294 e. The van der Waals surface area contributed by atoms with Crippen LogP contribution in [0.4, 0.5) is 0 Å². The number of nitrogens with one attached hydrogen (secondary N) is 2. The molecule has 0 aliphatic rings. The van der Waals surface area contributed by atoms with E-state index in [-0.39, 0.29) is 12.1 Å². The second-order valence-corrected chi connectivity index (χ2v) is 6.53. The van der Waals surface area contributed by atoms with Crippen LogP contribution in [0.5, 0.6) is 0 Å². The van der Waals surface area contributed by atoms with E-state index in [1.807, 2.05) is 78.9 Å². The molecule has 4 nitrogen and oxygen atoms in total. The van der Waals surface area contributed by atoms with Gasteiger partial charge in [-0.3, -0.25) is 10.6 Å². The van der Waals surface area contributed by atoms with E-state index in [9.17, 15) is 10.5 Å². The zero-order valence-electron chi connectivity index (χ0n) is 15.5. The summed E-state index contributed by atoms with van der Waals surface area (Å²) in [5, 5.41) is 25.5. The van der Waals surface area contributed by atoms with E-state index in [0.717, 1.165) is 22.3 Å². The second kappa shape index (κ2) is 10.0. The quantitative estimate of drug-likeness (QED) is 0.620. The second-order valence-electron chi connectivity index (χ2n) is 6.53. The highest BCUT2D eigenvalue weighted by Gasteiger charge is 2.11. The van der Waals surface area contributed by atoms with Gasteiger partial charge < -0.3 is 0 Å². The van der Waals surface area contributed by atoms with Crippen LogP contribution in [-0.2, 0) is 13.1 Å². The van der Waals surface area contributed by atoms with Gasteiger partial charge in [-0.2, -0.15) is 10.5 Å². The van der Waals surface area contributed by atoms with Crippen molar-refractivity contribution in [1.29, 1.82) is 10.5 Å². The van der Waals surface area contributed by atoms with Gasteiger partial charge >= 0.3 is 0 Å². The zero-order chi connectivity index (χ0) is 19.6. The molecule has 3 rings (SSSR count). The molecule has 3 aromatic rings. The SMILES string of the molecule is N#CC(NCc1cccc(CNC(C#N)c2ccccc2)c1)c1ccccc1. The van der Waals surface area contributed by atoms with Crippen molar-refractivity contribution in [2.75, 3.05) is 0 Å². The van der Waals surface area contributed by atoms with Crippen LogP contribution in [0.25, 0.3) is 0 Å². The molecule has 0 radical (unpaired) electrons. The summed E-state index contributed by atoms with van der Waals surface area (Å²) in [5.41, 5.74) is 4.12. The molecule has 0 heterocycles. The topological polar surface area (TPSA) is 71.6 Å². The summed E-state index contributed by atoms with van der Waals surface area (Å²) in [6, 6.07) is 31.5. The summed E-state index contributed by atoms with van der Waals surface area (Å²) in [6.45, 7) is 1.20. The predicted octanol–water partition coefficient (Wildman–Crippen LogP) is 4.40. The van der Waals surface area contributed by atoms with E-state index in [2.05, 4.69) is 28.8 Å². The highest BCUT2D eigenvalue weighted by Crippen LogP contribution is 2.15. The van der Waals surface area contributed by atoms with Gasteiger partial charge in [0, 0.05) is 13.1 Å².